The van der Waals surface area contributed by atoms with E-state index in [-0.39, 0.29) is 11.8 Å². The van der Waals surface area contributed by atoms with Gasteiger partial charge < -0.3 is 10.6 Å². The Morgan fingerprint density at radius 1 is 0.800 bits per heavy atom. The Hall–Kier alpha value is -3.33. The summed E-state index contributed by atoms with van der Waals surface area (Å²) in [7, 11) is 0. The van der Waals surface area contributed by atoms with Gasteiger partial charge in [-0.1, -0.05) is 77.3 Å². The van der Waals surface area contributed by atoms with E-state index in [1.165, 1.54) is 23.1 Å². The largest absolute Gasteiger partial charge is 0.322 e. The lowest BCUT2D eigenvalue weighted by molar-refractivity contribution is -0.115. The van der Waals surface area contributed by atoms with E-state index in [1.807, 2.05) is 53.9 Å². The number of thioether (sulfide) groups is 1. The number of hydrogen-bond donors (Lipinski definition) is 2. The molecule has 0 fully saturated rings. The lowest BCUT2D eigenvalue weighted by atomic mass is 10.1. The Balaban J connectivity index is 1.30. The average Bonchev–Trinajstić information content (AvgIpc) is 3.43. The van der Waals surface area contributed by atoms with Crippen LogP contribution in [-0.2, 0) is 4.79 Å². The van der Waals surface area contributed by atoms with Crippen molar-refractivity contribution in [1.29, 1.82) is 0 Å². The second-order valence-electron chi connectivity index (χ2n) is 8.55. The Bertz CT molecular complexity index is 1660. The molecule has 0 aliphatic heterocycles. The van der Waals surface area contributed by atoms with Crippen molar-refractivity contribution in [2.24, 2.45) is 0 Å². The monoisotopic (exact) mass is 623 g/mol. The zero-order valence-electron chi connectivity index (χ0n) is 20.6. The number of benzene rings is 4. The fourth-order valence-electron chi connectivity index (χ4n) is 3.78. The fourth-order valence-corrected chi connectivity index (χ4v) is 6.01. The van der Waals surface area contributed by atoms with Gasteiger partial charge in [-0.2, -0.15) is 0 Å². The Morgan fingerprint density at radius 2 is 1.57 bits per heavy atom. The molecule has 1 aromatic heterocycles. The van der Waals surface area contributed by atoms with Crippen LogP contribution in [0.1, 0.15) is 21.2 Å². The number of carbonyl (C=O) groups is 2. The topological polar surface area (TPSA) is 71.1 Å². The molecular weight excluding hydrogens is 605 g/mol. The highest BCUT2D eigenvalue weighted by atomic mass is 35.5. The third kappa shape index (κ3) is 7.05. The van der Waals surface area contributed by atoms with E-state index in [0.29, 0.717) is 37.1 Å². The summed E-state index contributed by atoms with van der Waals surface area (Å²) in [5.41, 5.74) is 3.45. The molecule has 2 N–H and O–H groups in total. The maximum absolute atomic E-state index is 13.5. The first kappa shape index (κ1) is 28.2. The summed E-state index contributed by atoms with van der Waals surface area (Å²) in [4.78, 5) is 31.5. The van der Waals surface area contributed by atoms with E-state index < -0.39 is 5.25 Å². The van der Waals surface area contributed by atoms with Crippen molar-refractivity contribution in [1.82, 2.24) is 4.98 Å². The van der Waals surface area contributed by atoms with Crippen molar-refractivity contribution < 1.29 is 9.59 Å². The number of aromatic nitrogens is 1. The van der Waals surface area contributed by atoms with Gasteiger partial charge in [-0.3, -0.25) is 9.59 Å². The molecule has 4 aromatic carbocycles. The number of rotatable bonds is 8. The van der Waals surface area contributed by atoms with Gasteiger partial charge >= 0.3 is 0 Å². The molecule has 1 heterocycles. The number of nitrogens with one attached hydrogen (secondary N) is 2. The molecule has 0 saturated heterocycles. The second kappa shape index (κ2) is 12.9. The Morgan fingerprint density at radius 3 is 2.30 bits per heavy atom. The third-order valence-electron chi connectivity index (χ3n) is 5.74. The third-order valence-corrected chi connectivity index (χ3v) is 8.74. The van der Waals surface area contributed by atoms with Crippen LogP contribution in [0.15, 0.2) is 107 Å². The molecule has 1 atom stereocenters. The number of hydrogen-bond acceptors (Lipinski definition) is 5. The number of carbonyl (C=O) groups excluding carboxylic acids is 2. The quantitative estimate of drug-likeness (QED) is 0.169. The van der Waals surface area contributed by atoms with Gasteiger partial charge in [0.1, 0.15) is 5.25 Å². The smallest absolute Gasteiger partial charge is 0.255 e. The van der Waals surface area contributed by atoms with Gasteiger partial charge in [0.25, 0.3) is 5.91 Å². The standard InChI is InChI=1S/C30H20Cl3N3O2S2/c31-21-8-4-7-20(15-21)28(37)34-22-10-12-23(13-11-22)40-27(18-5-2-1-3-6-18)29(38)36-30-35-26(17-39-30)19-9-14-24(32)25(33)16-19/h1-17,27H,(H,34,37)(H,35,36,38). The number of anilines is 2. The molecule has 5 rings (SSSR count). The molecule has 40 heavy (non-hydrogen) atoms. The van der Waals surface area contributed by atoms with Crippen molar-refractivity contribution in [3.8, 4) is 11.3 Å². The molecule has 0 saturated carbocycles. The molecule has 200 valence electrons. The Kier molecular flexibility index (Phi) is 9.09. The van der Waals surface area contributed by atoms with Crippen molar-refractivity contribution in [2.45, 2.75) is 10.1 Å². The summed E-state index contributed by atoms with van der Waals surface area (Å²) in [6, 6.07) is 28.9. The van der Waals surface area contributed by atoms with Crippen LogP contribution in [0, 0.1) is 0 Å². The van der Waals surface area contributed by atoms with Gasteiger partial charge in [0.05, 0.1) is 15.7 Å². The predicted octanol–water partition coefficient (Wildman–Crippen LogP) is 9.49. The van der Waals surface area contributed by atoms with Gasteiger partial charge in [0.15, 0.2) is 5.13 Å². The van der Waals surface area contributed by atoms with E-state index in [9.17, 15) is 9.59 Å². The summed E-state index contributed by atoms with van der Waals surface area (Å²) in [6.45, 7) is 0. The first-order valence-electron chi connectivity index (χ1n) is 12.0. The van der Waals surface area contributed by atoms with Crippen LogP contribution in [-0.4, -0.2) is 16.8 Å². The zero-order valence-corrected chi connectivity index (χ0v) is 24.5. The summed E-state index contributed by atoms with van der Waals surface area (Å²) in [5, 5.41) is 9.02. The van der Waals surface area contributed by atoms with Gasteiger partial charge in [0, 0.05) is 32.1 Å². The fraction of sp³-hybridized carbons (Fsp3) is 0.0333. The molecule has 5 aromatic rings. The minimum atomic E-state index is -0.537. The summed E-state index contributed by atoms with van der Waals surface area (Å²) < 4.78 is 0. The summed E-state index contributed by atoms with van der Waals surface area (Å²) in [5.74, 6) is -0.460. The van der Waals surface area contributed by atoms with Crippen LogP contribution in [0.2, 0.25) is 15.1 Å². The van der Waals surface area contributed by atoms with E-state index in [4.69, 9.17) is 34.8 Å². The lowest BCUT2D eigenvalue weighted by Gasteiger charge is -2.16. The molecule has 2 amide bonds. The highest BCUT2D eigenvalue weighted by Gasteiger charge is 2.23. The van der Waals surface area contributed by atoms with E-state index in [2.05, 4.69) is 15.6 Å². The van der Waals surface area contributed by atoms with Gasteiger partial charge in [0.2, 0.25) is 5.91 Å². The highest BCUT2D eigenvalue weighted by molar-refractivity contribution is 8.00. The molecular formula is C30H20Cl3N3O2S2. The van der Waals surface area contributed by atoms with Crippen LogP contribution >= 0.6 is 57.9 Å². The molecule has 1 unspecified atom stereocenters. The van der Waals surface area contributed by atoms with E-state index in [1.54, 1.807) is 48.5 Å². The van der Waals surface area contributed by atoms with E-state index in [0.717, 1.165) is 16.0 Å². The van der Waals surface area contributed by atoms with Crippen molar-refractivity contribution in [2.75, 3.05) is 10.6 Å². The molecule has 0 radical (unpaired) electrons. The van der Waals surface area contributed by atoms with Crippen molar-refractivity contribution in [3.63, 3.8) is 0 Å². The highest BCUT2D eigenvalue weighted by Crippen LogP contribution is 2.37. The normalized spacial score (nSPS) is 11.6. The number of nitrogens with zero attached hydrogens (tertiary/aromatic N) is 1. The van der Waals surface area contributed by atoms with Crippen molar-refractivity contribution >= 4 is 80.5 Å². The minimum absolute atomic E-state index is 0.204. The number of halogens is 3. The van der Waals surface area contributed by atoms with Crippen LogP contribution in [0.3, 0.4) is 0 Å². The molecule has 0 spiro atoms. The zero-order chi connectivity index (χ0) is 28.1. The Labute approximate surface area is 254 Å². The van der Waals surface area contributed by atoms with Gasteiger partial charge in [-0.05, 0) is 60.2 Å². The molecule has 0 bridgehead atoms. The van der Waals surface area contributed by atoms with Crippen LogP contribution in [0.25, 0.3) is 11.3 Å². The summed E-state index contributed by atoms with van der Waals surface area (Å²) in [6.07, 6.45) is 0. The maximum atomic E-state index is 13.5. The summed E-state index contributed by atoms with van der Waals surface area (Å²) >= 11 is 20.9. The molecule has 0 aliphatic rings. The molecule has 0 aliphatic carbocycles. The maximum Gasteiger partial charge on any atom is 0.255 e. The predicted molar refractivity (Wildman–Crippen MR) is 167 cm³/mol. The van der Waals surface area contributed by atoms with Gasteiger partial charge in [-0.25, -0.2) is 4.98 Å². The second-order valence-corrected chi connectivity index (χ2v) is 11.8. The first-order chi connectivity index (χ1) is 19.4. The molecule has 10 heteroatoms. The molecule has 5 nitrogen and oxygen atoms in total. The number of amides is 2. The van der Waals surface area contributed by atoms with Crippen molar-refractivity contribution in [3.05, 3.63) is 129 Å². The van der Waals surface area contributed by atoms with E-state index >= 15 is 0 Å². The minimum Gasteiger partial charge on any atom is -0.322 e. The first-order valence-corrected chi connectivity index (χ1v) is 14.9. The average molecular weight is 625 g/mol. The number of thiazole rings is 1. The lowest BCUT2D eigenvalue weighted by Crippen LogP contribution is -2.19. The van der Waals surface area contributed by atoms with Gasteiger partial charge in [-0.15, -0.1) is 23.1 Å². The van der Waals surface area contributed by atoms with Crippen LogP contribution in [0.5, 0.6) is 0 Å². The van der Waals surface area contributed by atoms with Crippen LogP contribution in [0.4, 0.5) is 10.8 Å². The van der Waals surface area contributed by atoms with Crippen LogP contribution < -0.4 is 10.6 Å². The SMILES string of the molecule is O=C(Nc1ccc(SC(C(=O)Nc2nc(-c3ccc(Cl)c(Cl)c3)cs2)c2ccccc2)cc1)c1cccc(Cl)c1.